The number of carboxylic acid groups (broad SMARTS) is 1. The first kappa shape index (κ1) is 26.1. The summed E-state index contributed by atoms with van der Waals surface area (Å²) in [5.74, 6) is 0.677. The molecule has 2 unspecified atom stereocenters. The second kappa shape index (κ2) is 9.98. The average molecular weight is 529 g/mol. The van der Waals surface area contributed by atoms with E-state index in [4.69, 9.17) is 0 Å². The minimum Gasteiger partial charge on any atom is -0.465 e. The lowest BCUT2D eigenvalue weighted by Crippen LogP contribution is -2.51. The van der Waals surface area contributed by atoms with Crippen LogP contribution in [0.3, 0.4) is 0 Å². The lowest BCUT2D eigenvalue weighted by atomic mass is 9.76. The van der Waals surface area contributed by atoms with E-state index in [-0.39, 0.29) is 23.4 Å². The second-order valence-corrected chi connectivity index (χ2v) is 11.3. The van der Waals surface area contributed by atoms with Crippen molar-refractivity contribution < 1.29 is 9.90 Å². The summed E-state index contributed by atoms with van der Waals surface area (Å²) in [5.41, 5.74) is 3.26. The Bertz CT molecular complexity index is 1560. The van der Waals surface area contributed by atoms with E-state index in [1.54, 1.807) is 32.7 Å². The average Bonchev–Trinajstić information content (AvgIpc) is 3.54. The Morgan fingerprint density at radius 1 is 1.21 bits per heavy atom. The number of nitrogens with zero attached hydrogens (tertiary/aromatic N) is 9. The Morgan fingerprint density at radius 2 is 2.00 bits per heavy atom. The van der Waals surface area contributed by atoms with Gasteiger partial charge in [0.1, 0.15) is 11.8 Å². The molecule has 1 saturated heterocycles. The van der Waals surface area contributed by atoms with Gasteiger partial charge in [0.05, 0.1) is 35.5 Å². The summed E-state index contributed by atoms with van der Waals surface area (Å²) in [5, 5.41) is 36.5. The third-order valence-electron chi connectivity index (χ3n) is 7.09. The van der Waals surface area contributed by atoms with E-state index >= 15 is 0 Å². The number of likely N-dealkylation sites (tertiary alicyclic amines) is 1. The van der Waals surface area contributed by atoms with Crippen LogP contribution in [0.5, 0.6) is 0 Å². The largest absolute Gasteiger partial charge is 0.465 e. The summed E-state index contributed by atoms with van der Waals surface area (Å²) in [7, 11) is 0. The number of anilines is 1. The second-order valence-electron chi connectivity index (χ2n) is 11.3. The number of hydrogen-bond acceptors (Lipinski definition) is 8. The number of hydrogen-bond donors (Lipinski definition) is 2. The Kier molecular flexibility index (Phi) is 6.68. The molecule has 1 fully saturated rings. The minimum absolute atomic E-state index is 0.104. The van der Waals surface area contributed by atoms with Gasteiger partial charge in [-0.15, -0.1) is 5.10 Å². The van der Waals surface area contributed by atoms with Gasteiger partial charge in [-0.2, -0.15) is 15.0 Å². The maximum atomic E-state index is 11.8. The number of nitriles is 1. The number of pyridine rings is 2. The van der Waals surface area contributed by atoms with E-state index in [1.165, 1.54) is 6.20 Å². The highest BCUT2D eigenvalue weighted by Gasteiger charge is 2.39. The van der Waals surface area contributed by atoms with E-state index in [0.29, 0.717) is 36.4 Å². The smallest absolute Gasteiger partial charge is 0.407 e. The molecule has 0 saturated carbocycles. The van der Waals surface area contributed by atoms with Gasteiger partial charge < -0.3 is 15.3 Å². The van der Waals surface area contributed by atoms with Gasteiger partial charge in [0.15, 0.2) is 11.5 Å². The number of nitrogens with one attached hydrogen (secondary N) is 1. The lowest BCUT2D eigenvalue weighted by molar-refractivity contribution is 0.0521. The fourth-order valence-corrected chi connectivity index (χ4v) is 5.18. The molecule has 0 spiro atoms. The van der Waals surface area contributed by atoms with Gasteiger partial charge in [-0.05, 0) is 38.2 Å². The minimum atomic E-state index is -0.877. The molecule has 39 heavy (non-hydrogen) atoms. The van der Waals surface area contributed by atoms with Crippen molar-refractivity contribution in [3.8, 4) is 17.6 Å². The number of fused-ring (bicyclic) bond motifs is 1. The number of rotatable bonds is 5. The molecule has 0 aromatic carbocycles. The summed E-state index contributed by atoms with van der Waals surface area (Å²) in [6.07, 6.45) is 7.33. The standard InChI is InChI=1S/C27H32N10O2/c1-16(2)32-20-10-24(37-25-19(13-31-37)8-17(11-28)12-30-25)29-14-22(20)36-15-21(33-34-36)18-6-7-35(26(38)39)23(9-18)27(3,4)5/h8,10,12-16,18,23H,6-7,9H2,1-5H3,(H,29,32)(H,38,39). The molecule has 2 N–H and O–H groups in total. The van der Waals surface area contributed by atoms with E-state index in [0.717, 1.165) is 22.5 Å². The summed E-state index contributed by atoms with van der Waals surface area (Å²) >= 11 is 0. The predicted octanol–water partition coefficient (Wildman–Crippen LogP) is 4.36. The van der Waals surface area contributed by atoms with Crippen LogP contribution < -0.4 is 5.32 Å². The van der Waals surface area contributed by atoms with Crippen LogP contribution in [0.25, 0.3) is 22.5 Å². The molecule has 5 heterocycles. The van der Waals surface area contributed by atoms with Crippen LogP contribution in [-0.4, -0.2) is 69.5 Å². The van der Waals surface area contributed by atoms with Gasteiger partial charge in [-0.25, -0.2) is 19.4 Å². The molecular formula is C27H32N10O2. The highest BCUT2D eigenvalue weighted by Crippen LogP contribution is 2.38. The molecule has 2 atom stereocenters. The zero-order valence-electron chi connectivity index (χ0n) is 22.7. The van der Waals surface area contributed by atoms with Crippen LogP contribution in [0.4, 0.5) is 10.5 Å². The number of aromatic nitrogens is 7. The van der Waals surface area contributed by atoms with Crippen LogP contribution in [0.1, 0.15) is 64.6 Å². The van der Waals surface area contributed by atoms with Gasteiger partial charge in [-0.1, -0.05) is 26.0 Å². The van der Waals surface area contributed by atoms with Crippen LogP contribution >= 0.6 is 0 Å². The molecular weight excluding hydrogens is 496 g/mol. The molecule has 1 aliphatic heterocycles. The molecule has 202 valence electrons. The molecule has 0 radical (unpaired) electrons. The highest BCUT2D eigenvalue weighted by molar-refractivity contribution is 5.77. The Balaban J connectivity index is 1.47. The number of carbonyl (C=O) groups is 1. The number of amides is 1. The molecule has 12 nitrogen and oxygen atoms in total. The molecule has 1 aliphatic rings. The van der Waals surface area contributed by atoms with Crippen molar-refractivity contribution in [2.24, 2.45) is 5.41 Å². The molecule has 1 amide bonds. The lowest BCUT2D eigenvalue weighted by Gasteiger charge is -2.44. The first-order valence-electron chi connectivity index (χ1n) is 13.0. The molecule has 4 aromatic rings. The van der Waals surface area contributed by atoms with Crippen molar-refractivity contribution in [2.75, 3.05) is 11.9 Å². The fraction of sp³-hybridized carbons (Fsp3) is 0.444. The molecule has 0 aliphatic carbocycles. The van der Waals surface area contributed by atoms with Gasteiger partial charge in [0.25, 0.3) is 0 Å². The van der Waals surface area contributed by atoms with E-state index < -0.39 is 6.09 Å². The van der Waals surface area contributed by atoms with Gasteiger partial charge in [0.2, 0.25) is 0 Å². The SMILES string of the molecule is CC(C)Nc1cc(-n2ncc3cc(C#N)cnc32)ncc1-n1cc(C2CCN(C(=O)O)C(C(C)(C)C)C2)nn1. The zero-order valence-corrected chi connectivity index (χ0v) is 22.7. The van der Waals surface area contributed by atoms with Crippen molar-refractivity contribution in [3.05, 3.63) is 48.2 Å². The van der Waals surface area contributed by atoms with E-state index in [9.17, 15) is 15.2 Å². The highest BCUT2D eigenvalue weighted by atomic mass is 16.4. The van der Waals surface area contributed by atoms with Gasteiger partial charge >= 0.3 is 6.09 Å². The quantitative estimate of drug-likeness (QED) is 0.385. The summed E-state index contributed by atoms with van der Waals surface area (Å²) in [4.78, 5) is 22.5. The van der Waals surface area contributed by atoms with Crippen LogP contribution in [0.15, 0.2) is 36.9 Å². The van der Waals surface area contributed by atoms with E-state index in [2.05, 4.69) is 57.5 Å². The zero-order chi connectivity index (χ0) is 27.9. The number of piperidine rings is 1. The van der Waals surface area contributed by atoms with Crippen molar-refractivity contribution in [2.45, 2.75) is 65.5 Å². The van der Waals surface area contributed by atoms with Crippen LogP contribution in [-0.2, 0) is 0 Å². The Labute approximate surface area is 226 Å². The van der Waals surface area contributed by atoms with Crippen molar-refractivity contribution in [3.63, 3.8) is 0 Å². The Hall–Kier alpha value is -4.53. The maximum absolute atomic E-state index is 11.8. The summed E-state index contributed by atoms with van der Waals surface area (Å²) in [6, 6.07) is 5.76. The van der Waals surface area contributed by atoms with Crippen LogP contribution in [0, 0.1) is 16.7 Å². The third-order valence-corrected chi connectivity index (χ3v) is 7.09. The molecule has 5 rings (SSSR count). The Morgan fingerprint density at radius 3 is 2.69 bits per heavy atom. The predicted molar refractivity (Wildman–Crippen MR) is 145 cm³/mol. The first-order chi connectivity index (χ1) is 18.5. The van der Waals surface area contributed by atoms with Crippen LogP contribution in [0.2, 0.25) is 0 Å². The summed E-state index contributed by atoms with van der Waals surface area (Å²) < 4.78 is 3.35. The first-order valence-corrected chi connectivity index (χ1v) is 13.0. The maximum Gasteiger partial charge on any atom is 0.407 e. The van der Waals surface area contributed by atoms with Crippen molar-refractivity contribution in [1.82, 2.24) is 39.6 Å². The third kappa shape index (κ3) is 5.12. The molecule has 4 aromatic heterocycles. The van der Waals surface area contributed by atoms with Gasteiger partial charge in [-0.3, -0.25) is 0 Å². The van der Waals surface area contributed by atoms with Crippen molar-refractivity contribution >= 4 is 22.8 Å². The van der Waals surface area contributed by atoms with Gasteiger partial charge in [0, 0.05) is 42.2 Å². The molecule has 12 heteroatoms. The normalized spacial score (nSPS) is 17.9. The molecule has 0 bridgehead atoms. The van der Waals surface area contributed by atoms with Crippen molar-refractivity contribution in [1.29, 1.82) is 5.26 Å². The topological polar surface area (TPSA) is 151 Å². The van der Waals surface area contributed by atoms with E-state index in [1.807, 2.05) is 26.1 Å². The summed E-state index contributed by atoms with van der Waals surface area (Å²) in [6.45, 7) is 10.8. The monoisotopic (exact) mass is 528 g/mol. The fourth-order valence-electron chi connectivity index (χ4n) is 5.18.